The smallest absolute Gasteiger partial charge is 0.331 e. The van der Waals surface area contributed by atoms with Gasteiger partial charge in [-0.25, -0.2) is 13.2 Å². The molecule has 1 aromatic carbocycles. The molecule has 0 amide bonds. The van der Waals surface area contributed by atoms with Crippen LogP contribution in [0.25, 0.3) is 11.4 Å². The average Bonchev–Trinajstić information content (AvgIpc) is 3.32. The molecule has 10 nitrogen and oxygen atoms in total. The summed E-state index contributed by atoms with van der Waals surface area (Å²) < 4.78 is 37.2. The van der Waals surface area contributed by atoms with Gasteiger partial charge < -0.3 is 9.26 Å². The number of nitrogens with zero attached hydrogens (tertiary/aromatic N) is 4. The lowest BCUT2D eigenvalue weighted by Gasteiger charge is -2.12. The Balaban J connectivity index is 1.47. The molecule has 3 aromatic rings. The second kappa shape index (κ2) is 7.67. The van der Waals surface area contributed by atoms with Crippen molar-refractivity contribution in [1.29, 1.82) is 0 Å². The van der Waals surface area contributed by atoms with E-state index in [1.54, 1.807) is 49.6 Å². The molecule has 4 rings (SSSR count). The molecule has 0 saturated carbocycles. The number of esters is 1. The van der Waals surface area contributed by atoms with Gasteiger partial charge in [-0.3, -0.25) is 14.7 Å². The van der Waals surface area contributed by atoms with E-state index in [4.69, 9.17) is 9.26 Å². The van der Waals surface area contributed by atoms with Gasteiger partial charge in [0.2, 0.25) is 5.82 Å². The third kappa shape index (κ3) is 3.79. The maximum atomic E-state index is 12.5. The number of hydrogen-bond donors (Lipinski definition) is 1. The summed E-state index contributed by atoms with van der Waals surface area (Å²) in [5.74, 6) is -0.126. The van der Waals surface area contributed by atoms with Gasteiger partial charge in [0.1, 0.15) is 11.9 Å². The largest absolute Gasteiger partial charge is 0.451 e. The van der Waals surface area contributed by atoms with E-state index >= 15 is 0 Å². The van der Waals surface area contributed by atoms with Crippen molar-refractivity contribution in [3.05, 3.63) is 60.2 Å². The molecule has 30 heavy (non-hydrogen) atoms. The molecule has 0 radical (unpaired) electrons. The fraction of sp³-hybridized carbons (Fsp3) is 0.211. The molecule has 2 aromatic heterocycles. The van der Waals surface area contributed by atoms with E-state index in [-0.39, 0.29) is 16.6 Å². The first-order valence-electron chi connectivity index (χ1n) is 8.99. The van der Waals surface area contributed by atoms with Crippen molar-refractivity contribution in [1.82, 2.24) is 19.8 Å². The van der Waals surface area contributed by atoms with E-state index in [1.807, 2.05) is 0 Å². The highest BCUT2D eigenvalue weighted by Gasteiger charge is 2.31. The van der Waals surface area contributed by atoms with E-state index in [9.17, 15) is 13.2 Å². The van der Waals surface area contributed by atoms with Crippen molar-refractivity contribution < 1.29 is 22.5 Å². The number of carbonyl (C=O) groups excluding carboxylic acids is 1. The fourth-order valence-corrected chi connectivity index (χ4v) is 4.05. The molecule has 0 spiro atoms. The van der Waals surface area contributed by atoms with Gasteiger partial charge in [-0.1, -0.05) is 17.3 Å². The number of rotatable bonds is 5. The summed E-state index contributed by atoms with van der Waals surface area (Å²) in [6.45, 7) is 3.10. The molecule has 154 valence electrons. The Morgan fingerprint density at radius 1 is 1.20 bits per heavy atom. The summed E-state index contributed by atoms with van der Waals surface area (Å²) in [4.78, 5) is 25.0. The van der Waals surface area contributed by atoms with E-state index < -0.39 is 28.1 Å². The van der Waals surface area contributed by atoms with Crippen LogP contribution in [0.15, 0.2) is 63.2 Å². The molecule has 1 N–H and O–H groups in total. The average molecular weight is 427 g/mol. The maximum Gasteiger partial charge on any atom is 0.331 e. The van der Waals surface area contributed by atoms with Crippen LogP contribution in [-0.2, 0) is 19.6 Å². The van der Waals surface area contributed by atoms with Gasteiger partial charge in [0, 0.05) is 23.5 Å². The Kier molecular flexibility index (Phi) is 5.04. The third-order valence-electron chi connectivity index (χ3n) is 4.33. The van der Waals surface area contributed by atoms with Crippen LogP contribution in [0.3, 0.4) is 0 Å². The zero-order valence-corrected chi connectivity index (χ0v) is 16.8. The molecule has 11 heteroatoms. The van der Waals surface area contributed by atoms with Gasteiger partial charge in [0.25, 0.3) is 15.9 Å². The summed E-state index contributed by atoms with van der Waals surface area (Å²) in [6, 6.07) is 8.95. The predicted molar refractivity (Wildman–Crippen MR) is 105 cm³/mol. The van der Waals surface area contributed by atoms with Crippen LogP contribution in [0.4, 0.5) is 0 Å². The SMILES string of the molecule is CC(OC(=O)[C@H](C)N=C1NS(=O)(=O)c2ccccc21)c1nc(-c2cccnc2)no1. The highest BCUT2D eigenvalue weighted by molar-refractivity contribution is 7.90. The molecule has 0 bridgehead atoms. The lowest BCUT2D eigenvalue weighted by molar-refractivity contribution is -0.150. The van der Waals surface area contributed by atoms with Crippen molar-refractivity contribution in [2.75, 3.05) is 0 Å². The second-order valence-electron chi connectivity index (χ2n) is 6.53. The summed E-state index contributed by atoms with van der Waals surface area (Å²) in [6.07, 6.45) is 2.40. The van der Waals surface area contributed by atoms with Crippen molar-refractivity contribution in [2.24, 2.45) is 4.99 Å². The number of carbonyl (C=O) groups is 1. The number of fused-ring (bicyclic) bond motifs is 1. The Morgan fingerprint density at radius 2 is 2.00 bits per heavy atom. The zero-order valence-electron chi connectivity index (χ0n) is 16.0. The minimum absolute atomic E-state index is 0.0966. The van der Waals surface area contributed by atoms with Crippen LogP contribution >= 0.6 is 0 Å². The van der Waals surface area contributed by atoms with E-state index in [0.29, 0.717) is 17.0 Å². The van der Waals surface area contributed by atoms with Gasteiger partial charge >= 0.3 is 5.97 Å². The molecule has 1 aliphatic rings. The predicted octanol–water partition coefficient (Wildman–Crippen LogP) is 1.86. The zero-order chi connectivity index (χ0) is 21.3. The van der Waals surface area contributed by atoms with Crippen molar-refractivity contribution in [2.45, 2.75) is 30.9 Å². The Bertz CT molecular complexity index is 1220. The van der Waals surface area contributed by atoms with Gasteiger partial charge in [-0.2, -0.15) is 4.98 Å². The van der Waals surface area contributed by atoms with Gasteiger partial charge in [-0.05, 0) is 38.1 Å². The molecular weight excluding hydrogens is 410 g/mol. The number of sulfonamides is 1. The summed E-state index contributed by atoms with van der Waals surface area (Å²) >= 11 is 0. The third-order valence-corrected chi connectivity index (χ3v) is 5.73. The van der Waals surface area contributed by atoms with E-state index in [0.717, 1.165) is 0 Å². The number of benzene rings is 1. The molecule has 0 saturated heterocycles. The molecule has 1 unspecified atom stereocenters. The second-order valence-corrected chi connectivity index (χ2v) is 8.18. The minimum Gasteiger partial charge on any atom is -0.451 e. The number of nitrogens with one attached hydrogen (secondary N) is 1. The topological polar surface area (TPSA) is 137 Å². The van der Waals surface area contributed by atoms with Gasteiger partial charge in [0.15, 0.2) is 6.10 Å². The number of aromatic nitrogens is 3. The maximum absolute atomic E-state index is 12.5. The van der Waals surface area contributed by atoms with Crippen LogP contribution in [0.1, 0.15) is 31.4 Å². The van der Waals surface area contributed by atoms with Crippen LogP contribution < -0.4 is 4.72 Å². The number of pyridine rings is 1. The van der Waals surface area contributed by atoms with Crippen molar-refractivity contribution in [3.8, 4) is 11.4 Å². The molecule has 0 aliphatic carbocycles. The Hall–Kier alpha value is -3.60. The van der Waals surface area contributed by atoms with E-state index in [2.05, 4.69) is 24.8 Å². The quantitative estimate of drug-likeness (QED) is 0.609. The molecule has 1 aliphatic heterocycles. The van der Waals surface area contributed by atoms with Crippen LogP contribution in [0, 0.1) is 0 Å². The first-order chi connectivity index (χ1) is 14.3. The van der Waals surface area contributed by atoms with Crippen molar-refractivity contribution in [3.63, 3.8) is 0 Å². The first kappa shape index (κ1) is 19.7. The highest BCUT2D eigenvalue weighted by Crippen LogP contribution is 2.24. The van der Waals surface area contributed by atoms with Crippen molar-refractivity contribution >= 4 is 21.8 Å². The number of ether oxygens (including phenoxy) is 1. The fourth-order valence-electron chi connectivity index (χ4n) is 2.81. The van der Waals surface area contributed by atoms with E-state index in [1.165, 1.54) is 13.0 Å². The number of aliphatic imine (C=N–C) groups is 1. The van der Waals surface area contributed by atoms with Crippen LogP contribution in [-0.4, -0.2) is 41.4 Å². The normalized spacial score (nSPS) is 17.7. The summed E-state index contributed by atoms with van der Waals surface area (Å²) in [5.41, 5.74) is 1.07. The number of amidine groups is 1. The first-order valence-corrected chi connectivity index (χ1v) is 10.5. The lowest BCUT2D eigenvalue weighted by atomic mass is 10.2. The van der Waals surface area contributed by atoms with Gasteiger partial charge in [-0.15, -0.1) is 0 Å². The summed E-state index contributed by atoms with van der Waals surface area (Å²) in [7, 11) is -3.69. The monoisotopic (exact) mass is 427 g/mol. The number of hydrogen-bond acceptors (Lipinski definition) is 9. The molecule has 0 fully saturated rings. The highest BCUT2D eigenvalue weighted by atomic mass is 32.2. The Morgan fingerprint density at radius 3 is 2.77 bits per heavy atom. The van der Waals surface area contributed by atoms with Crippen LogP contribution in [0.2, 0.25) is 0 Å². The van der Waals surface area contributed by atoms with Crippen LogP contribution in [0.5, 0.6) is 0 Å². The minimum atomic E-state index is -3.69. The Labute approximate surface area is 172 Å². The molecule has 3 heterocycles. The molecule has 2 atom stereocenters. The standard InChI is InChI=1S/C19H17N5O5S/c1-11(21-17-14-7-3-4-8-15(14)30(26,27)24-17)19(25)28-12(2)18-22-16(23-29-18)13-6-5-9-20-10-13/h3-12H,1-2H3,(H,21,24)/t11-,12?/m0/s1. The molecular formula is C19H17N5O5S. The summed E-state index contributed by atoms with van der Waals surface area (Å²) in [5, 5.41) is 3.86. The van der Waals surface area contributed by atoms with Gasteiger partial charge in [0.05, 0.1) is 4.90 Å². The lowest BCUT2D eigenvalue weighted by Crippen LogP contribution is -2.27.